The van der Waals surface area contributed by atoms with E-state index in [2.05, 4.69) is 4.98 Å². The van der Waals surface area contributed by atoms with Gasteiger partial charge in [0.1, 0.15) is 11.3 Å². The van der Waals surface area contributed by atoms with Crippen molar-refractivity contribution in [3.63, 3.8) is 0 Å². The van der Waals surface area contributed by atoms with Gasteiger partial charge in [-0.25, -0.2) is 9.78 Å². The van der Waals surface area contributed by atoms with Crippen LogP contribution in [0.15, 0.2) is 52.9 Å². The van der Waals surface area contributed by atoms with Gasteiger partial charge in [-0.2, -0.15) is 0 Å². The van der Waals surface area contributed by atoms with E-state index in [1.54, 1.807) is 31.2 Å². The molecule has 0 atom stereocenters. The highest BCUT2D eigenvalue weighted by Crippen LogP contribution is 2.18. The van der Waals surface area contributed by atoms with Crippen LogP contribution in [0.3, 0.4) is 0 Å². The maximum Gasteiger partial charge on any atom is 0.338 e. The number of para-hydroxylation sites is 2. The minimum atomic E-state index is -0.340. The van der Waals surface area contributed by atoms with Crippen LogP contribution in [0.1, 0.15) is 23.2 Å². The normalized spacial score (nSPS) is 10.6. The molecule has 3 rings (SSSR count). The predicted molar refractivity (Wildman–Crippen MR) is 80.7 cm³/mol. The summed E-state index contributed by atoms with van der Waals surface area (Å²) in [5, 5.41) is 0. The second-order valence-corrected chi connectivity index (χ2v) is 4.61. The van der Waals surface area contributed by atoms with Gasteiger partial charge in [0.25, 0.3) is 0 Å². The fraction of sp³-hybridized carbons (Fsp3) is 0.176. The average Bonchev–Trinajstić information content (AvgIpc) is 2.96. The second kappa shape index (κ2) is 6.30. The van der Waals surface area contributed by atoms with E-state index in [-0.39, 0.29) is 12.6 Å². The summed E-state index contributed by atoms with van der Waals surface area (Å²) < 4.78 is 16.1. The molecule has 0 aliphatic carbocycles. The molecule has 0 aliphatic heterocycles. The van der Waals surface area contributed by atoms with Crippen molar-refractivity contribution in [3.05, 3.63) is 60.0 Å². The molecule has 0 spiro atoms. The van der Waals surface area contributed by atoms with Gasteiger partial charge >= 0.3 is 5.97 Å². The monoisotopic (exact) mass is 297 g/mol. The van der Waals surface area contributed by atoms with Crippen molar-refractivity contribution >= 4 is 17.1 Å². The van der Waals surface area contributed by atoms with Gasteiger partial charge in [-0.05, 0) is 43.3 Å². The molecule has 1 heterocycles. The van der Waals surface area contributed by atoms with Gasteiger partial charge in [-0.1, -0.05) is 12.1 Å². The SMILES string of the molecule is CCOC(=O)c1ccc(OCc2nc3ccccc3o2)cc1. The number of carbonyl (C=O) groups excluding carboxylic acids is 1. The zero-order valence-corrected chi connectivity index (χ0v) is 12.1. The first-order valence-corrected chi connectivity index (χ1v) is 7.00. The smallest absolute Gasteiger partial charge is 0.338 e. The molecule has 2 aromatic carbocycles. The first kappa shape index (κ1) is 14.1. The Bertz CT molecular complexity index is 744. The van der Waals surface area contributed by atoms with Gasteiger partial charge in [0.05, 0.1) is 12.2 Å². The Morgan fingerprint density at radius 1 is 1.14 bits per heavy atom. The van der Waals surface area contributed by atoms with Crippen LogP contribution in [0.5, 0.6) is 5.75 Å². The first-order chi connectivity index (χ1) is 10.8. The van der Waals surface area contributed by atoms with E-state index in [9.17, 15) is 4.79 Å². The number of benzene rings is 2. The summed E-state index contributed by atoms with van der Waals surface area (Å²) in [5.74, 6) is 0.805. The number of rotatable bonds is 5. The quantitative estimate of drug-likeness (QED) is 0.673. The molecular weight excluding hydrogens is 282 g/mol. The molecule has 0 amide bonds. The van der Waals surface area contributed by atoms with Gasteiger partial charge in [0.15, 0.2) is 12.2 Å². The van der Waals surface area contributed by atoms with E-state index in [0.29, 0.717) is 23.8 Å². The van der Waals surface area contributed by atoms with Crippen LogP contribution >= 0.6 is 0 Å². The summed E-state index contributed by atoms with van der Waals surface area (Å²) in [4.78, 5) is 15.9. The molecule has 112 valence electrons. The van der Waals surface area contributed by atoms with Crippen LogP contribution < -0.4 is 4.74 Å². The van der Waals surface area contributed by atoms with Crippen molar-refractivity contribution < 1.29 is 18.7 Å². The van der Waals surface area contributed by atoms with E-state index in [0.717, 1.165) is 11.1 Å². The molecule has 0 radical (unpaired) electrons. The third-order valence-corrected chi connectivity index (χ3v) is 3.07. The lowest BCUT2D eigenvalue weighted by Gasteiger charge is -2.05. The second-order valence-electron chi connectivity index (χ2n) is 4.61. The van der Waals surface area contributed by atoms with Crippen LogP contribution in [-0.4, -0.2) is 17.6 Å². The molecule has 0 N–H and O–H groups in total. The Hall–Kier alpha value is -2.82. The molecule has 22 heavy (non-hydrogen) atoms. The number of aromatic nitrogens is 1. The lowest BCUT2D eigenvalue weighted by molar-refractivity contribution is 0.0526. The third kappa shape index (κ3) is 3.09. The Labute approximate surface area is 127 Å². The molecule has 5 nitrogen and oxygen atoms in total. The minimum Gasteiger partial charge on any atom is -0.484 e. The topological polar surface area (TPSA) is 61.6 Å². The minimum absolute atomic E-state index is 0.230. The number of nitrogens with zero attached hydrogens (tertiary/aromatic N) is 1. The number of oxazole rings is 1. The molecule has 0 unspecified atom stereocenters. The number of hydrogen-bond acceptors (Lipinski definition) is 5. The van der Waals surface area contributed by atoms with E-state index < -0.39 is 0 Å². The Morgan fingerprint density at radius 3 is 2.64 bits per heavy atom. The summed E-state index contributed by atoms with van der Waals surface area (Å²) in [6, 6.07) is 14.3. The number of esters is 1. The highest BCUT2D eigenvalue weighted by Gasteiger charge is 2.08. The first-order valence-electron chi connectivity index (χ1n) is 7.00. The molecule has 3 aromatic rings. The van der Waals surface area contributed by atoms with Crippen molar-refractivity contribution in [3.8, 4) is 5.75 Å². The van der Waals surface area contributed by atoms with Gasteiger partial charge in [-0.3, -0.25) is 0 Å². The van der Waals surface area contributed by atoms with Crippen molar-refractivity contribution in [2.24, 2.45) is 0 Å². The van der Waals surface area contributed by atoms with Crippen molar-refractivity contribution in [2.75, 3.05) is 6.61 Å². The summed E-state index contributed by atoms with van der Waals surface area (Å²) in [7, 11) is 0. The lowest BCUT2D eigenvalue weighted by atomic mass is 10.2. The molecule has 0 fully saturated rings. The molecule has 1 aromatic heterocycles. The Morgan fingerprint density at radius 2 is 1.91 bits per heavy atom. The zero-order chi connectivity index (χ0) is 15.4. The van der Waals surface area contributed by atoms with Crippen molar-refractivity contribution in [1.29, 1.82) is 0 Å². The number of carbonyl (C=O) groups is 1. The summed E-state index contributed by atoms with van der Waals surface area (Å²) in [6.45, 7) is 2.36. The average molecular weight is 297 g/mol. The lowest BCUT2D eigenvalue weighted by Crippen LogP contribution is -2.04. The largest absolute Gasteiger partial charge is 0.484 e. The van der Waals surface area contributed by atoms with Crippen molar-refractivity contribution in [1.82, 2.24) is 4.98 Å². The number of ether oxygens (including phenoxy) is 2. The van der Waals surface area contributed by atoms with E-state index in [1.807, 2.05) is 24.3 Å². The summed E-state index contributed by atoms with van der Waals surface area (Å²) in [5.41, 5.74) is 2.04. The standard InChI is InChI=1S/C17H15NO4/c1-2-20-17(19)12-7-9-13(10-8-12)21-11-16-18-14-5-3-4-6-15(14)22-16/h3-10H,2,11H2,1H3. The number of hydrogen-bond donors (Lipinski definition) is 0. The third-order valence-electron chi connectivity index (χ3n) is 3.07. The highest BCUT2D eigenvalue weighted by molar-refractivity contribution is 5.89. The fourth-order valence-electron chi connectivity index (χ4n) is 2.03. The van der Waals surface area contributed by atoms with E-state index in [4.69, 9.17) is 13.9 Å². The fourth-order valence-corrected chi connectivity index (χ4v) is 2.03. The van der Waals surface area contributed by atoms with Crippen molar-refractivity contribution in [2.45, 2.75) is 13.5 Å². The predicted octanol–water partition coefficient (Wildman–Crippen LogP) is 3.58. The van der Waals surface area contributed by atoms with Crippen LogP contribution in [0.25, 0.3) is 11.1 Å². The molecule has 5 heteroatoms. The number of fused-ring (bicyclic) bond motifs is 1. The summed E-state index contributed by atoms with van der Waals surface area (Å²) >= 11 is 0. The Balaban J connectivity index is 1.64. The van der Waals surface area contributed by atoms with E-state index in [1.165, 1.54) is 0 Å². The maximum absolute atomic E-state index is 11.5. The molecule has 0 bridgehead atoms. The zero-order valence-electron chi connectivity index (χ0n) is 12.1. The van der Waals surface area contributed by atoms with Crippen LogP contribution in [-0.2, 0) is 11.3 Å². The van der Waals surface area contributed by atoms with Crippen LogP contribution in [0, 0.1) is 0 Å². The van der Waals surface area contributed by atoms with Gasteiger partial charge in [-0.15, -0.1) is 0 Å². The van der Waals surface area contributed by atoms with E-state index >= 15 is 0 Å². The maximum atomic E-state index is 11.5. The molecule has 0 saturated heterocycles. The van der Waals surface area contributed by atoms with Gasteiger partial charge < -0.3 is 13.9 Å². The van der Waals surface area contributed by atoms with Gasteiger partial charge in [0.2, 0.25) is 5.89 Å². The highest BCUT2D eigenvalue weighted by atomic mass is 16.5. The molecule has 0 saturated carbocycles. The van der Waals surface area contributed by atoms with Crippen LogP contribution in [0.2, 0.25) is 0 Å². The molecular formula is C17H15NO4. The summed E-state index contributed by atoms with van der Waals surface area (Å²) in [6.07, 6.45) is 0. The molecule has 0 aliphatic rings. The van der Waals surface area contributed by atoms with Crippen LogP contribution in [0.4, 0.5) is 0 Å². The Kier molecular flexibility index (Phi) is 4.05. The van der Waals surface area contributed by atoms with Gasteiger partial charge in [0, 0.05) is 0 Å².